The predicted molar refractivity (Wildman–Crippen MR) is 105 cm³/mol. The minimum absolute atomic E-state index is 0.00270. The smallest absolute Gasteiger partial charge is 0.307 e. The number of anilines is 1. The number of nitrogens with one attached hydrogen (secondary N) is 1. The number of hydrogen-bond donors (Lipinski definition) is 1. The van der Waals surface area contributed by atoms with Gasteiger partial charge in [-0.15, -0.1) is 11.3 Å². The number of benzene rings is 1. The van der Waals surface area contributed by atoms with Crippen LogP contribution in [-0.4, -0.2) is 29.2 Å². The van der Waals surface area contributed by atoms with Gasteiger partial charge >= 0.3 is 4.87 Å². The molecule has 0 aliphatic carbocycles. The zero-order chi connectivity index (χ0) is 18.5. The SMILES string of the molecule is COCCc1ccc(-c2csc(NC(=O)Cn3c(C)csc3=O)n2)cc1. The van der Waals surface area contributed by atoms with Gasteiger partial charge in [-0.3, -0.25) is 14.2 Å². The molecule has 0 unspecified atom stereocenters. The van der Waals surface area contributed by atoms with E-state index in [1.807, 2.05) is 24.4 Å². The van der Waals surface area contributed by atoms with Crippen molar-refractivity contribution < 1.29 is 9.53 Å². The molecule has 0 atom stereocenters. The second-order valence-electron chi connectivity index (χ2n) is 5.75. The first-order valence-electron chi connectivity index (χ1n) is 8.05. The van der Waals surface area contributed by atoms with Crippen LogP contribution in [0.3, 0.4) is 0 Å². The summed E-state index contributed by atoms with van der Waals surface area (Å²) in [5.74, 6) is -0.260. The molecule has 0 spiro atoms. The highest BCUT2D eigenvalue weighted by molar-refractivity contribution is 7.14. The van der Waals surface area contributed by atoms with E-state index < -0.39 is 0 Å². The second kappa shape index (κ2) is 8.39. The van der Waals surface area contributed by atoms with Gasteiger partial charge in [0.2, 0.25) is 5.91 Å². The number of aryl methyl sites for hydroxylation is 1. The van der Waals surface area contributed by atoms with Gasteiger partial charge in [0.05, 0.1) is 12.3 Å². The largest absolute Gasteiger partial charge is 0.384 e. The van der Waals surface area contributed by atoms with E-state index >= 15 is 0 Å². The molecule has 1 N–H and O–H groups in total. The summed E-state index contributed by atoms with van der Waals surface area (Å²) in [4.78, 5) is 28.2. The van der Waals surface area contributed by atoms with Crippen molar-refractivity contribution in [1.82, 2.24) is 9.55 Å². The van der Waals surface area contributed by atoms with Crippen LogP contribution in [0.1, 0.15) is 11.3 Å². The molecular formula is C18H19N3O3S2. The lowest BCUT2D eigenvalue weighted by Crippen LogP contribution is -2.25. The van der Waals surface area contributed by atoms with Crippen LogP contribution in [0.4, 0.5) is 5.13 Å². The Balaban J connectivity index is 1.64. The molecule has 6 nitrogen and oxygen atoms in total. The Labute approximate surface area is 159 Å². The normalized spacial score (nSPS) is 10.8. The number of thiazole rings is 2. The van der Waals surface area contributed by atoms with Crippen LogP contribution in [-0.2, 0) is 22.5 Å². The highest BCUT2D eigenvalue weighted by Crippen LogP contribution is 2.25. The summed E-state index contributed by atoms with van der Waals surface area (Å²) in [6.45, 7) is 2.50. The lowest BCUT2D eigenvalue weighted by Gasteiger charge is -2.04. The van der Waals surface area contributed by atoms with Crippen LogP contribution in [0.15, 0.2) is 39.8 Å². The molecule has 1 amide bonds. The molecule has 0 fully saturated rings. The highest BCUT2D eigenvalue weighted by atomic mass is 32.1. The molecule has 26 heavy (non-hydrogen) atoms. The average Bonchev–Trinajstić information content (AvgIpc) is 3.22. The van der Waals surface area contributed by atoms with Gasteiger partial charge in [-0.05, 0) is 18.9 Å². The van der Waals surface area contributed by atoms with Gasteiger partial charge in [0, 0.05) is 29.1 Å². The third kappa shape index (κ3) is 4.46. The first-order chi connectivity index (χ1) is 12.6. The van der Waals surface area contributed by atoms with Gasteiger partial charge in [-0.25, -0.2) is 4.98 Å². The van der Waals surface area contributed by atoms with E-state index in [2.05, 4.69) is 22.4 Å². The summed E-state index contributed by atoms with van der Waals surface area (Å²) in [5.41, 5.74) is 3.79. The third-order valence-corrected chi connectivity index (χ3v) is 5.51. The minimum Gasteiger partial charge on any atom is -0.384 e. The maximum Gasteiger partial charge on any atom is 0.307 e. The molecule has 0 bridgehead atoms. The first-order valence-corrected chi connectivity index (χ1v) is 9.81. The van der Waals surface area contributed by atoms with E-state index in [1.54, 1.807) is 12.5 Å². The van der Waals surface area contributed by atoms with Crippen molar-refractivity contribution in [2.45, 2.75) is 19.9 Å². The molecule has 0 saturated carbocycles. The number of nitrogens with zero attached hydrogens (tertiary/aromatic N) is 2. The molecule has 8 heteroatoms. The first kappa shape index (κ1) is 18.5. The van der Waals surface area contributed by atoms with Gasteiger partial charge in [0.25, 0.3) is 0 Å². The van der Waals surface area contributed by atoms with Gasteiger partial charge in [0.15, 0.2) is 5.13 Å². The highest BCUT2D eigenvalue weighted by Gasteiger charge is 2.11. The molecule has 3 rings (SSSR count). The quantitative estimate of drug-likeness (QED) is 0.674. The molecule has 2 aromatic heterocycles. The Morgan fingerprint density at radius 3 is 2.65 bits per heavy atom. The fourth-order valence-corrected chi connectivity index (χ4v) is 3.89. The molecule has 0 aliphatic rings. The Hall–Kier alpha value is -2.29. The molecule has 3 aromatic rings. The van der Waals surface area contributed by atoms with Gasteiger partial charge < -0.3 is 10.1 Å². The number of carbonyl (C=O) groups excluding carboxylic acids is 1. The summed E-state index contributed by atoms with van der Waals surface area (Å²) in [6, 6.07) is 8.13. The van der Waals surface area contributed by atoms with Crippen molar-refractivity contribution in [2.75, 3.05) is 19.0 Å². The maximum atomic E-state index is 12.2. The van der Waals surface area contributed by atoms with Crippen LogP contribution in [0.5, 0.6) is 0 Å². The van der Waals surface area contributed by atoms with E-state index in [-0.39, 0.29) is 17.3 Å². The summed E-state index contributed by atoms with van der Waals surface area (Å²) in [7, 11) is 1.69. The zero-order valence-corrected chi connectivity index (χ0v) is 16.2. The fourth-order valence-electron chi connectivity index (χ4n) is 2.42. The molecule has 0 saturated heterocycles. The number of amides is 1. The number of aromatic nitrogens is 2. The molecule has 0 radical (unpaired) electrons. The van der Waals surface area contributed by atoms with E-state index in [0.717, 1.165) is 34.7 Å². The van der Waals surface area contributed by atoms with E-state index in [1.165, 1.54) is 21.5 Å². The minimum atomic E-state index is -0.260. The van der Waals surface area contributed by atoms with Crippen molar-refractivity contribution in [1.29, 1.82) is 0 Å². The van der Waals surface area contributed by atoms with Gasteiger partial charge in [-0.2, -0.15) is 0 Å². The molecule has 0 aliphatic heterocycles. The third-order valence-electron chi connectivity index (χ3n) is 3.87. The summed E-state index contributed by atoms with van der Waals surface area (Å²) < 4.78 is 6.53. The topological polar surface area (TPSA) is 73.2 Å². The number of carbonyl (C=O) groups is 1. The second-order valence-corrected chi connectivity index (χ2v) is 7.43. The molecule has 2 heterocycles. The van der Waals surface area contributed by atoms with Crippen LogP contribution in [0.2, 0.25) is 0 Å². The molecular weight excluding hydrogens is 370 g/mol. The summed E-state index contributed by atoms with van der Waals surface area (Å²) in [6.07, 6.45) is 0.872. The Kier molecular flexibility index (Phi) is 5.97. The van der Waals surface area contributed by atoms with E-state index in [0.29, 0.717) is 11.7 Å². The Morgan fingerprint density at radius 1 is 1.23 bits per heavy atom. The van der Waals surface area contributed by atoms with Crippen molar-refractivity contribution in [2.24, 2.45) is 0 Å². The van der Waals surface area contributed by atoms with Gasteiger partial charge in [0.1, 0.15) is 6.54 Å². The van der Waals surface area contributed by atoms with Crippen molar-refractivity contribution in [3.63, 3.8) is 0 Å². The Morgan fingerprint density at radius 2 is 2.00 bits per heavy atom. The lowest BCUT2D eigenvalue weighted by atomic mass is 10.1. The summed E-state index contributed by atoms with van der Waals surface area (Å²) in [5, 5.41) is 6.93. The van der Waals surface area contributed by atoms with Crippen LogP contribution in [0.25, 0.3) is 11.3 Å². The number of methoxy groups -OCH3 is 1. The number of hydrogen-bond acceptors (Lipinski definition) is 6. The van der Waals surface area contributed by atoms with Crippen molar-refractivity contribution in [3.05, 3.63) is 56.0 Å². The van der Waals surface area contributed by atoms with Crippen molar-refractivity contribution >= 4 is 33.7 Å². The van der Waals surface area contributed by atoms with Crippen molar-refractivity contribution in [3.8, 4) is 11.3 Å². The molecule has 136 valence electrons. The van der Waals surface area contributed by atoms with Crippen LogP contribution < -0.4 is 10.2 Å². The Bertz CT molecular complexity index is 941. The zero-order valence-electron chi connectivity index (χ0n) is 14.5. The number of rotatable bonds is 7. The average molecular weight is 390 g/mol. The summed E-state index contributed by atoms with van der Waals surface area (Å²) >= 11 is 2.46. The van der Waals surface area contributed by atoms with E-state index in [4.69, 9.17) is 4.74 Å². The molecule has 1 aromatic carbocycles. The number of ether oxygens (including phenoxy) is 1. The lowest BCUT2D eigenvalue weighted by molar-refractivity contribution is -0.116. The van der Waals surface area contributed by atoms with Crippen LogP contribution in [0, 0.1) is 6.92 Å². The van der Waals surface area contributed by atoms with E-state index in [9.17, 15) is 9.59 Å². The predicted octanol–water partition coefficient (Wildman–Crippen LogP) is 3.17. The van der Waals surface area contributed by atoms with Gasteiger partial charge in [-0.1, -0.05) is 35.6 Å². The maximum absolute atomic E-state index is 12.2. The van der Waals surface area contributed by atoms with Crippen LogP contribution >= 0.6 is 22.7 Å². The monoisotopic (exact) mass is 389 g/mol. The standard InChI is InChI=1S/C18H19N3O3S2/c1-12-10-26-18(23)21(12)9-16(22)20-17-19-15(11-25-17)14-5-3-13(4-6-14)7-8-24-2/h3-6,10-11H,7-9H2,1-2H3,(H,19,20,22). The fraction of sp³-hybridized carbons (Fsp3) is 0.278.